The number of hydrogen-bond donors (Lipinski definition) is 0. The van der Waals surface area contributed by atoms with E-state index in [9.17, 15) is 26.3 Å². The third-order valence-electron chi connectivity index (χ3n) is 7.01. The standard InChI is InChI=1S/C26H16F14S/c1-13-3-7-15(8-4-13)21(31)19(29,11-17(27)23(33,34)25(21,37)38)41-20(30)12-18(28)24(35,36)26(39,40)22(20,32)16-9-5-14(2)6-10-16/h3-12H,1-2H3. The Bertz CT molecular complexity index is 1310. The summed E-state index contributed by atoms with van der Waals surface area (Å²) in [7, 11) is 0. The van der Waals surface area contributed by atoms with Crippen molar-refractivity contribution in [1.82, 2.24) is 0 Å². The maximum absolute atomic E-state index is 16.5. The highest BCUT2D eigenvalue weighted by Crippen LogP contribution is 2.72. The van der Waals surface area contributed by atoms with Crippen LogP contribution < -0.4 is 0 Å². The molecule has 2 aliphatic carbocycles. The van der Waals surface area contributed by atoms with Gasteiger partial charge in [-0.1, -0.05) is 71.4 Å². The van der Waals surface area contributed by atoms with Crippen LogP contribution in [-0.2, 0) is 11.3 Å². The fourth-order valence-electron chi connectivity index (χ4n) is 4.61. The third kappa shape index (κ3) is 3.75. The average Bonchev–Trinajstić information content (AvgIpc) is 2.86. The number of rotatable bonds is 4. The molecule has 2 aromatic rings. The van der Waals surface area contributed by atoms with Crippen molar-refractivity contribution in [3.8, 4) is 0 Å². The molecule has 0 aliphatic heterocycles. The van der Waals surface area contributed by atoms with Gasteiger partial charge in [0, 0.05) is 23.3 Å². The van der Waals surface area contributed by atoms with E-state index < -0.39 is 91.7 Å². The van der Waals surface area contributed by atoms with Crippen LogP contribution in [0.4, 0.5) is 61.5 Å². The van der Waals surface area contributed by atoms with E-state index >= 15 is 35.1 Å². The fraction of sp³-hybridized carbons (Fsp3) is 0.385. The number of allylic oxidation sites excluding steroid dienone is 2. The quantitative estimate of drug-likeness (QED) is 0.305. The Morgan fingerprint density at radius 3 is 1.00 bits per heavy atom. The minimum absolute atomic E-state index is 0.158. The van der Waals surface area contributed by atoms with Crippen LogP contribution in [0.15, 0.2) is 72.3 Å². The summed E-state index contributed by atoms with van der Waals surface area (Å²) >= 11 is -1.97. The van der Waals surface area contributed by atoms with E-state index in [1.807, 2.05) is 0 Å². The molecule has 2 aromatic carbocycles. The van der Waals surface area contributed by atoms with Gasteiger partial charge in [-0.2, -0.15) is 35.1 Å². The molecule has 15 heteroatoms. The summed E-state index contributed by atoms with van der Waals surface area (Å²) in [5.41, 5.74) is -14.3. The van der Waals surface area contributed by atoms with Gasteiger partial charge in [-0.05, 0) is 13.8 Å². The zero-order valence-electron chi connectivity index (χ0n) is 20.5. The second-order valence-electron chi connectivity index (χ2n) is 9.72. The lowest BCUT2D eigenvalue weighted by Gasteiger charge is -2.52. The molecule has 0 bridgehead atoms. The van der Waals surface area contributed by atoms with Crippen molar-refractivity contribution >= 4 is 11.8 Å². The lowest BCUT2D eigenvalue weighted by Crippen LogP contribution is -2.69. The Morgan fingerprint density at radius 1 is 0.463 bits per heavy atom. The number of aryl methyl sites for hydroxylation is 2. The van der Waals surface area contributed by atoms with Crippen molar-refractivity contribution in [2.75, 3.05) is 0 Å². The molecule has 0 nitrogen and oxygen atoms in total. The highest BCUT2D eigenvalue weighted by molar-refractivity contribution is 8.02. The van der Waals surface area contributed by atoms with E-state index in [1.165, 1.54) is 13.8 Å². The summed E-state index contributed by atoms with van der Waals surface area (Å²) in [4.78, 5) is 0. The first kappa shape index (κ1) is 31.2. The molecule has 2 aliphatic rings. The Morgan fingerprint density at radius 2 is 0.732 bits per heavy atom. The Kier molecular flexibility index (Phi) is 6.78. The molecule has 0 aromatic heterocycles. The molecule has 41 heavy (non-hydrogen) atoms. The van der Waals surface area contributed by atoms with Crippen LogP contribution in [0.2, 0.25) is 0 Å². The van der Waals surface area contributed by atoms with Crippen molar-refractivity contribution in [1.29, 1.82) is 0 Å². The van der Waals surface area contributed by atoms with Crippen LogP contribution in [0, 0.1) is 13.8 Å². The van der Waals surface area contributed by atoms with Gasteiger partial charge in [-0.3, -0.25) is 0 Å². The molecule has 0 fully saturated rings. The van der Waals surface area contributed by atoms with Gasteiger partial charge in [0.05, 0.1) is 0 Å². The smallest absolute Gasteiger partial charge is 0.227 e. The van der Waals surface area contributed by atoms with E-state index in [4.69, 9.17) is 0 Å². The minimum atomic E-state index is -6.47. The zero-order chi connectivity index (χ0) is 31.2. The van der Waals surface area contributed by atoms with Crippen LogP contribution in [0.5, 0.6) is 0 Å². The van der Waals surface area contributed by atoms with Gasteiger partial charge in [0.25, 0.3) is 11.3 Å². The lowest BCUT2D eigenvalue weighted by molar-refractivity contribution is -0.294. The van der Waals surface area contributed by atoms with Crippen LogP contribution in [0.25, 0.3) is 0 Å². The molecule has 0 heterocycles. The van der Waals surface area contributed by atoms with Crippen molar-refractivity contribution in [3.05, 3.63) is 94.6 Å². The highest BCUT2D eigenvalue weighted by Gasteiger charge is 2.87. The Labute approximate surface area is 227 Å². The van der Waals surface area contributed by atoms with Crippen molar-refractivity contribution < 1.29 is 61.5 Å². The summed E-state index contributed by atoms with van der Waals surface area (Å²) < 4.78 is 212. The van der Waals surface area contributed by atoms with Crippen molar-refractivity contribution in [3.63, 3.8) is 0 Å². The molecule has 0 N–H and O–H groups in total. The average molecular weight is 626 g/mol. The first-order chi connectivity index (χ1) is 18.5. The monoisotopic (exact) mass is 626 g/mol. The SMILES string of the molecule is Cc1ccc(C2(F)C(F)(SC3(F)C=C(F)C(F)(F)C(F)(F)C3(F)c3ccc(C)cc3)C=C(F)C(F)(F)C2(F)F)cc1. The second kappa shape index (κ2) is 8.90. The predicted octanol–water partition coefficient (Wildman–Crippen LogP) is 9.67. The molecule has 4 atom stereocenters. The summed E-state index contributed by atoms with van der Waals surface area (Å²) in [6, 6.07) is 4.37. The van der Waals surface area contributed by atoms with Crippen LogP contribution in [0.1, 0.15) is 22.3 Å². The second-order valence-corrected chi connectivity index (χ2v) is 11.1. The van der Waals surface area contributed by atoms with Gasteiger partial charge in [-0.15, -0.1) is 0 Å². The van der Waals surface area contributed by atoms with E-state index in [2.05, 4.69) is 0 Å². The molecule has 0 saturated carbocycles. The normalized spacial score (nSPS) is 35.4. The summed E-state index contributed by atoms with van der Waals surface area (Å²) in [6.07, 6.45) is -2.47. The number of benzene rings is 2. The molecular formula is C26H16F14S. The van der Waals surface area contributed by atoms with Gasteiger partial charge < -0.3 is 0 Å². The maximum atomic E-state index is 16.5. The number of halogens is 14. The number of hydrogen-bond acceptors (Lipinski definition) is 1. The fourth-order valence-corrected chi connectivity index (χ4v) is 6.14. The Hall–Kier alpha value is -2.71. The molecule has 224 valence electrons. The zero-order valence-corrected chi connectivity index (χ0v) is 21.3. The minimum Gasteiger partial charge on any atom is -0.227 e. The van der Waals surface area contributed by atoms with Gasteiger partial charge >= 0.3 is 23.7 Å². The van der Waals surface area contributed by atoms with E-state index in [0.29, 0.717) is 24.3 Å². The molecular weight excluding hydrogens is 610 g/mol. The third-order valence-corrected chi connectivity index (χ3v) is 8.41. The van der Waals surface area contributed by atoms with Crippen LogP contribution in [-0.4, -0.2) is 33.7 Å². The summed E-state index contributed by atoms with van der Waals surface area (Å²) in [5.74, 6) is -32.0. The first-order valence-electron chi connectivity index (χ1n) is 11.4. The molecule has 0 saturated heterocycles. The molecule has 4 unspecified atom stereocenters. The molecule has 0 amide bonds. The maximum Gasteiger partial charge on any atom is 0.364 e. The van der Waals surface area contributed by atoms with Crippen LogP contribution in [0.3, 0.4) is 0 Å². The number of alkyl halides is 12. The van der Waals surface area contributed by atoms with E-state index in [-0.39, 0.29) is 11.1 Å². The Balaban J connectivity index is 2.08. The van der Waals surface area contributed by atoms with Gasteiger partial charge in [0.1, 0.15) is 0 Å². The number of thioether (sulfide) groups is 1. The predicted molar refractivity (Wildman–Crippen MR) is 121 cm³/mol. The molecule has 0 radical (unpaired) electrons. The molecule has 4 rings (SSSR count). The van der Waals surface area contributed by atoms with Gasteiger partial charge in [0.2, 0.25) is 10.0 Å². The van der Waals surface area contributed by atoms with Gasteiger partial charge in [-0.25, -0.2) is 26.3 Å². The topological polar surface area (TPSA) is 0 Å². The summed E-state index contributed by atoms with van der Waals surface area (Å²) in [5, 5.41) is -10.6. The molecule has 0 spiro atoms. The van der Waals surface area contributed by atoms with E-state index in [0.717, 1.165) is 24.3 Å². The van der Waals surface area contributed by atoms with Crippen LogP contribution >= 0.6 is 11.8 Å². The van der Waals surface area contributed by atoms with E-state index in [1.54, 1.807) is 0 Å². The lowest BCUT2D eigenvalue weighted by atomic mass is 9.76. The van der Waals surface area contributed by atoms with Crippen molar-refractivity contribution in [2.24, 2.45) is 0 Å². The largest absolute Gasteiger partial charge is 0.364 e. The summed E-state index contributed by atoms with van der Waals surface area (Å²) in [6.45, 7) is 2.57. The highest BCUT2D eigenvalue weighted by atomic mass is 32.2. The van der Waals surface area contributed by atoms with Crippen molar-refractivity contribution in [2.45, 2.75) is 58.9 Å². The first-order valence-corrected chi connectivity index (χ1v) is 12.2. The van der Waals surface area contributed by atoms with Gasteiger partial charge in [0.15, 0.2) is 11.7 Å².